The van der Waals surface area contributed by atoms with Gasteiger partial charge in [0, 0.05) is 0 Å². The van der Waals surface area contributed by atoms with Gasteiger partial charge in [0.15, 0.2) is 0 Å². The quantitative estimate of drug-likeness (QED) is 0.620. The van der Waals surface area contributed by atoms with Gasteiger partial charge in [0.2, 0.25) is 0 Å². The van der Waals surface area contributed by atoms with Gasteiger partial charge >= 0.3 is 11.9 Å². The number of hydrogen-bond acceptors (Lipinski definition) is 5. The van der Waals surface area contributed by atoms with Crippen LogP contribution in [0.3, 0.4) is 0 Å². The number of allylic oxidation sites excluding steroid dienone is 2. The van der Waals surface area contributed by atoms with E-state index in [-0.39, 0.29) is 6.42 Å². The van der Waals surface area contributed by atoms with Crippen molar-refractivity contribution in [3.8, 4) is 0 Å². The van der Waals surface area contributed by atoms with E-state index >= 15 is 0 Å². The molecule has 0 saturated carbocycles. The Hall–Kier alpha value is -1.62. The highest BCUT2D eigenvalue weighted by molar-refractivity contribution is 5.84. The van der Waals surface area contributed by atoms with Crippen molar-refractivity contribution in [2.45, 2.75) is 39.2 Å². The second kappa shape index (κ2) is 7.98. The Morgan fingerprint density at radius 2 is 1.90 bits per heavy atom. The second-order valence-corrected chi connectivity index (χ2v) is 5.49. The molecular formula is C16H24O5. The molecule has 1 aliphatic carbocycles. The first-order chi connectivity index (χ1) is 9.90. The highest BCUT2D eigenvalue weighted by atomic mass is 16.5. The Bertz CT molecular complexity index is 446. The minimum atomic E-state index is -0.722. The maximum absolute atomic E-state index is 11.9. The van der Waals surface area contributed by atoms with E-state index in [0.29, 0.717) is 6.42 Å². The second-order valence-electron chi connectivity index (χ2n) is 5.49. The first kappa shape index (κ1) is 17.4. The molecule has 21 heavy (non-hydrogen) atoms. The van der Waals surface area contributed by atoms with Crippen molar-refractivity contribution in [3.05, 3.63) is 23.3 Å². The highest BCUT2D eigenvalue weighted by Crippen LogP contribution is 2.33. The number of methoxy groups -OCH3 is 2. The molecule has 5 nitrogen and oxygen atoms in total. The van der Waals surface area contributed by atoms with Crippen LogP contribution in [-0.2, 0) is 19.1 Å². The lowest BCUT2D eigenvalue weighted by molar-refractivity contribution is -0.157. The Morgan fingerprint density at radius 1 is 1.29 bits per heavy atom. The summed E-state index contributed by atoms with van der Waals surface area (Å²) in [5.74, 6) is -2.35. The molecule has 118 valence electrons. The molecule has 0 heterocycles. The van der Waals surface area contributed by atoms with Crippen LogP contribution in [0.15, 0.2) is 23.3 Å². The summed E-state index contributed by atoms with van der Waals surface area (Å²) < 4.78 is 9.47. The van der Waals surface area contributed by atoms with E-state index < -0.39 is 29.9 Å². The van der Waals surface area contributed by atoms with Gasteiger partial charge < -0.3 is 14.6 Å². The van der Waals surface area contributed by atoms with Crippen molar-refractivity contribution in [3.63, 3.8) is 0 Å². The third kappa shape index (κ3) is 4.70. The van der Waals surface area contributed by atoms with Crippen molar-refractivity contribution >= 4 is 11.9 Å². The van der Waals surface area contributed by atoms with Crippen LogP contribution in [-0.4, -0.2) is 37.4 Å². The monoisotopic (exact) mass is 296 g/mol. The summed E-state index contributed by atoms with van der Waals surface area (Å²) in [7, 11) is 2.56. The molecular weight excluding hydrogens is 272 g/mol. The minimum absolute atomic E-state index is 0.188. The Morgan fingerprint density at radius 3 is 2.43 bits per heavy atom. The molecule has 0 amide bonds. The van der Waals surface area contributed by atoms with Crippen LogP contribution in [0.4, 0.5) is 0 Å². The highest BCUT2D eigenvalue weighted by Gasteiger charge is 2.39. The van der Waals surface area contributed by atoms with E-state index in [4.69, 9.17) is 9.47 Å². The first-order valence-corrected chi connectivity index (χ1v) is 7.08. The molecule has 0 aromatic carbocycles. The Balaban J connectivity index is 2.94. The van der Waals surface area contributed by atoms with Gasteiger partial charge in [-0.25, -0.2) is 0 Å². The molecule has 0 bridgehead atoms. The van der Waals surface area contributed by atoms with E-state index in [1.807, 2.05) is 13.8 Å². The number of esters is 2. The molecule has 1 rings (SSSR count). The van der Waals surface area contributed by atoms with Crippen LogP contribution in [0, 0.1) is 11.8 Å². The summed E-state index contributed by atoms with van der Waals surface area (Å²) in [5.41, 5.74) is 1.99. The number of aliphatic hydroxyl groups is 1. The standard InChI is InChI=1S/C16H24O5/c1-10(2)6-5-7-11-8-12(15(18)20-3)13(9-14(11)17)16(19)21-4/h6,8,12-14,17H,5,7,9H2,1-4H3. The lowest BCUT2D eigenvalue weighted by Gasteiger charge is -2.30. The molecule has 3 unspecified atom stereocenters. The van der Waals surface area contributed by atoms with Gasteiger partial charge in [-0.2, -0.15) is 0 Å². The number of aliphatic hydroxyl groups excluding tert-OH is 1. The maximum atomic E-state index is 11.9. The lowest BCUT2D eigenvalue weighted by Crippen LogP contribution is -2.37. The van der Waals surface area contributed by atoms with Crippen LogP contribution in [0.5, 0.6) is 0 Å². The van der Waals surface area contributed by atoms with E-state index in [2.05, 4.69) is 6.08 Å². The molecule has 1 N–H and O–H groups in total. The van der Waals surface area contributed by atoms with Gasteiger partial charge in [0.25, 0.3) is 0 Å². The molecule has 1 aliphatic rings. The van der Waals surface area contributed by atoms with Crippen molar-refractivity contribution in [1.82, 2.24) is 0 Å². The Labute approximate surface area is 125 Å². The predicted octanol–water partition coefficient (Wildman–Crippen LogP) is 2.00. The average Bonchev–Trinajstić information content (AvgIpc) is 2.46. The lowest BCUT2D eigenvalue weighted by atomic mass is 9.78. The third-order valence-corrected chi connectivity index (χ3v) is 3.70. The normalized spacial score (nSPS) is 24.8. The van der Waals surface area contributed by atoms with E-state index in [9.17, 15) is 14.7 Å². The molecule has 0 aromatic rings. The topological polar surface area (TPSA) is 72.8 Å². The SMILES string of the molecule is COC(=O)C1C=C(CCC=C(C)C)C(O)CC1C(=O)OC. The molecule has 5 heteroatoms. The van der Waals surface area contributed by atoms with E-state index in [1.54, 1.807) is 6.08 Å². The fourth-order valence-electron chi connectivity index (χ4n) is 2.54. The van der Waals surface area contributed by atoms with Gasteiger partial charge in [0.05, 0.1) is 32.2 Å². The van der Waals surface area contributed by atoms with Gasteiger partial charge in [0.1, 0.15) is 0 Å². The molecule has 0 aromatic heterocycles. The van der Waals surface area contributed by atoms with Crippen LogP contribution in [0.1, 0.15) is 33.1 Å². The zero-order valence-electron chi connectivity index (χ0n) is 13.1. The Kier molecular flexibility index (Phi) is 6.62. The summed E-state index contributed by atoms with van der Waals surface area (Å²) in [5, 5.41) is 10.2. The smallest absolute Gasteiger partial charge is 0.313 e. The third-order valence-electron chi connectivity index (χ3n) is 3.70. The summed E-state index contributed by atoms with van der Waals surface area (Å²) in [6, 6.07) is 0. The van der Waals surface area contributed by atoms with Crippen LogP contribution in [0.25, 0.3) is 0 Å². The van der Waals surface area contributed by atoms with Crippen molar-refractivity contribution in [2.75, 3.05) is 14.2 Å². The molecule has 0 fully saturated rings. The predicted molar refractivity (Wildman–Crippen MR) is 78.4 cm³/mol. The van der Waals surface area contributed by atoms with Gasteiger partial charge in [-0.15, -0.1) is 0 Å². The molecule has 0 aliphatic heterocycles. The van der Waals surface area contributed by atoms with Gasteiger partial charge in [-0.05, 0) is 38.7 Å². The van der Waals surface area contributed by atoms with Crippen molar-refractivity contribution in [1.29, 1.82) is 0 Å². The molecule has 0 radical (unpaired) electrons. The number of ether oxygens (including phenoxy) is 2. The maximum Gasteiger partial charge on any atom is 0.313 e. The van der Waals surface area contributed by atoms with Crippen LogP contribution < -0.4 is 0 Å². The molecule has 0 spiro atoms. The van der Waals surface area contributed by atoms with Crippen LogP contribution >= 0.6 is 0 Å². The van der Waals surface area contributed by atoms with Gasteiger partial charge in [-0.3, -0.25) is 9.59 Å². The number of carbonyl (C=O) groups is 2. The largest absolute Gasteiger partial charge is 0.469 e. The number of carbonyl (C=O) groups excluding carboxylic acids is 2. The zero-order valence-corrected chi connectivity index (χ0v) is 13.1. The van der Waals surface area contributed by atoms with Crippen molar-refractivity contribution < 1.29 is 24.2 Å². The number of rotatable bonds is 5. The fourth-order valence-corrected chi connectivity index (χ4v) is 2.54. The average molecular weight is 296 g/mol. The van der Waals surface area contributed by atoms with Crippen LogP contribution in [0.2, 0.25) is 0 Å². The summed E-state index contributed by atoms with van der Waals surface area (Å²) in [6.07, 6.45) is 4.66. The summed E-state index contributed by atoms with van der Waals surface area (Å²) >= 11 is 0. The zero-order chi connectivity index (χ0) is 16.0. The first-order valence-electron chi connectivity index (χ1n) is 7.08. The minimum Gasteiger partial charge on any atom is -0.469 e. The van der Waals surface area contributed by atoms with Crippen molar-refractivity contribution in [2.24, 2.45) is 11.8 Å². The summed E-state index contributed by atoms with van der Waals surface area (Å²) in [6.45, 7) is 4.02. The number of hydrogen-bond donors (Lipinski definition) is 1. The molecule has 3 atom stereocenters. The summed E-state index contributed by atoms with van der Waals surface area (Å²) in [4.78, 5) is 23.6. The fraction of sp³-hybridized carbons (Fsp3) is 0.625. The van der Waals surface area contributed by atoms with E-state index in [0.717, 1.165) is 12.0 Å². The van der Waals surface area contributed by atoms with E-state index in [1.165, 1.54) is 19.8 Å². The van der Waals surface area contributed by atoms with Gasteiger partial charge in [-0.1, -0.05) is 17.7 Å². The molecule has 0 saturated heterocycles.